The fourth-order valence-corrected chi connectivity index (χ4v) is 4.47. The number of rotatable bonds is 2. The standard InChI is InChI=1S/C20H25N3O3/c1-13-7-8-16-15(11-13)5-3-9-21(16)18(24)12-23-14(2)19(25)22-10-4-6-17(22)20(23)26/h7-8,11,14,17H,3-6,9-10,12H2,1-2H3/t14-,17+/m0/s1. The number of amides is 3. The van der Waals surface area contributed by atoms with Gasteiger partial charge in [-0.25, -0.2) is 0 Å². The van der Waals surface area contributed by atoms with Crippen LogP contribution in [0.5, 0.6) is 0 Å². The first-order valence-corrected chi connectivity index (χ1v) is 9.48. The van der Waals surface area contributed by atoms with E-state index in [4.69, 9.17) is 0 Å². The average Bonchev–Trinajstić information content (AvgIpc) is 3.12. The van der Waals surface area contributed by atoms with Gasteiger partial charge in [0.05, 0.1) is 0 Å². The van der Waals surface area contributed by atoms with Crippen LogP contribution in [0.3, 0.4) is 0 Å². The van der Waals surface area contributed by atoms with Crippen LogP contribution in [0, 0.1) is 6.92 Å². The minimum Gasteiger partial charge on any atom is -0.329 e. The van der Waals surface area contributed by atoms with Gasteiger partial charge < -0.3 is 14.7 Å². The topological polar surface area (TPSA) is 60.9 Å². The summed E-state index contributed by atoms with van der Waals surface area (Å²) in [5.41, 5.74) is 3.31. The molecule has 0 unspecified atom stereocenters. The van der Waals surface area contributed by atoms with E-state index in [0.717, 1.165) is 24.9 Å². The monoisotopic (exact) mass is 355 g/mol. The smallest absolute Gasteiger partial charge is 0.246 e. The van der Waals surface area contributed by atoms with Gasteiger partial charge in [0.15, 0.2) is 0 Å². The first kappa shape index (κ1) is 17.1. The van der Waals surface area contributed by atoms with Gasteiger partial charge in [-0.05, 0) is 51.2 Å². The van der Waals surface area contributed by atoms with Crippen molar-refractivity contribution in [3.8, 4) is 0 Å². The third kappa shape index (κ3) is 2.68. The van der Waals surface area contributed by atoms with Crippen molar-refractivity contribution in [1.82, 2.24) is 9.80 Å². The molecule has 2 atom stereocenters. The number of fused-ring (bicyclic) bond motifs is 2. The van der Waals surface area contributed by atoms with Gasteiger partial charge in [0.25, 0.3) is 0 Å². The number of hydrogen-bond donors (Lipinski definition) is 0. The molecule has 6 nitrogen and oxygen atoms in total. The molecule has 1 aromatic rings. The number of benzene rings is 1. The third-order valence-corrected chi connectivity index (χ3v) is 5.89. The highest BCUT2D eigenvalue weighted by Gasteiger charge is 2.46. The zero-order valence-corrected chi connectivity index (χ0v) is 15.4. The summed E-state index contributed by atoms with van der Waals surface area (Å²) in [6, 6.07) is 5.20. The van der Waals surface area contributed by atoms with Gasteiger partial charge in [0.1, 0.15) is 18.6 Å². The molecule has 6 heteroatoms. The Balaban J connectivity index is 1.55. The molecule has 0 spiro atoms. The third-order valence-electron chi connectivity index (χ3n) is 5.89. The van der Waals surface area contributed by atoms with Gasteiger partial charge in [-0.15, -0.1) is 0 Å². The van der Waals surface area contributed by atoms with E-state index in [2.05, 4.69) is 6.07 Å². The summed E-state index contributed by atoms with van der Waals surface area (Å²) < 4.78 is 0. The fourth-order valence-electron chi connectivity index (χ4n) is 4.47. The summed E-state index contributed by atoms with van der Waals surface area (Å²) in [6.07, 6.45) is 3.44. The Labute approximate surface area is 153 Å². The number of piperazine rings is 1. The van der Waals surface area contributed by atoms with Crippen LogP contribution in [0.4, 0.5) is 5.69 Å². The van der Waals surface area contributed by atoms with Crippen LogP contribution in [0.15, 0.2) is 18.2 Å². The zero-order chi connectivity index (χ0) is 18.4. The van der Waals surface area contributed by atoms with Gasteiger partial charge in [-0.2, -0.15) is 0 Å². The molecule has 26 heavy (non-hydrogen) atoms. The largest absolute Gasteiger partial charge is 0.329 e. The molecule has 3 heterocycles. The highest BCUT2D eigenvalue weighted by molar-refractivity contribution is 6.02. The summed E-state index contributed by atoms with van der Waals surface area (Å²) in [5, 5.41) is 0. The Morgan fingerprint density at radius 3 is 2.77 bits per heavy atom. The van der Waals surface area contributed by atoms with Crippen LogP contribution >= 0.6 is 0 Å². The van der Waals surface area contributed by atoms with E-state index in [9.17, 15) is 14.4 Å². The van der Waals surface area contributed by atoms with Gasteiger partial charge >= 0.3 is 0 Å². The molecule has 138 valence electrons. The van der Waals surface area contributed by atoms with Gasteiger partial charge in [0.2, 0.25) is 17.7 Å². The minimum absolute atomic E-state index is 0.0244. The summed E-state index contributed by atoms with van der Waals surface area (Å²) in [5.74, 6) is -0.215. The summed E-state index contributed by atoms with van der Waals surface area (Å²) in [4.78, 5) is 43.4. The molecule has 0 N–H and O–H groups in total. The highest BCUT2D eigenvalue weighted by Crippen LogP contribution is 2.30. The van der Waals surface area contributed by atoms with Crippen LogP contribution in [0.2, 0.25) is 0 Å². The van der Waals surface area contributed by atoms with E-state index < -0.39 is 6.04 Å². The predicted molar refractivity (Wildman–Crippen MR) is 97.8 cm³/mol. The van der Waals surface area contributed by atoms with Crippen molar-refractivity contribution in [2.75, 3.05) is 24.5 Å². The molecule has 0 radical (unpaired) electrons. The summed E-state index contributed by atoms with van der Waals surface area (Å²) in [7, 11) is 0. The molecule has 0 bridgehead atoms. The zero-order valence-electron chi connectivity index (χ0n) is 15.4. The Morgan fingerprint density at radius 1 is 1.15 bits per heavy atom. The van der Waals surface area contributed by atoms with E-state index in [1.807, 2.05) is 19.1 Å². The molecule has 2 fully saturated rings. The maximum absolute atomic E-state index is 13.0. The Morgan fingerprint density at radius 2 is 1.96 bits per heavy atom. The molecule has 1 aromatic carbocycles. The van der Waals surface area contributed by atoms with Gasteiger partial charge in [-0.3, -0.25) is 14.4 Å². The first-order valence-electron chi connectivity index (χ1n) is 9.48. The van der Waals surface area contributed by atoms with Crippen molar-refractivity contribution in [3.63, 3.8) is 0 Å². The van der Waals surface area contributed by atoms with Crippen molar-refractivity contribution in [2.24, 2.45) is 0 Å². The van der Waals surface area contributed by atoms with Crippen LogP contribution in [0.1, 0.15) is 37.3 Å². The second kappa shape index (κ2) is 6.41. The van der Waals surface area contributed by atoms with E-state index in [0.29, 0.717) is 19.5 Å². The van der Waals surface area contributed by atoms with E-state index >= 15 is 0 Å². The quantitative estimate of drug-likeness (QED) is 0.808. The molecular weight excluding hydrogens is 330 g/mol. The minimum atomic E-state index is -0.567. The number of nitrogens with zero attached hydrogens (tertiary/aromatic N) is 3. The van der Waals surface area contributed by atoms with E-state index in [1.165, 1.54) is 16.0 Å². The number of carbonyl (C=O) groups is 3. The van der Waals surface area contributed by atoms with Crippen LogP contribution in [0.25, 0.3) is 0 Å². The van der Waals surface area contributed by atoms with Crippen molar-refractivity contribution in [2.45, 2.75) is 51.6 Å². The van der Waals surface area contributed by atoms with Crippen molar-refractivity contribution < 1.29 is 14.4 Å². The normalized spacial score (nSPS) is 25.4. The lowest BCUT2D eigenvalue weighted by Crippen LogP contribution is -2.63. The second-order valence-electron chi connectivity index (χ2n) is 7.61. The second-order valence-corrected chi connectivity index (χ2v) is 7.61. The molecular formula is C20H25N3O3. The molecule has 2 saturated heterocycles. The van der Waals surface area contributed by atoms with Crippen LogP contribution in [-0.4, -0.2) is 59.2 Å². The van der Waals surface area contributed by atoms with Crippen molar-refractivity contribution in [1.29, 1.82) is 0 Å². The lowest BCUT2D eigenvalue weighted by molar-refractivity contribution is -0.159. The number of hydrogen-bond acceptors (Lipinski definition) is 3. The van der Waals surface area contributed by atoms with Crippen molar-refractivity contribution in [3.05, 3.63) is 29.3 Å². The lowest BCUT2D eigenvalue weighted by atomic mass is 9.99. The first-order chi connectivity index (χ1) is 12.5. The SMILES string of the molecule is Cc1ccc2c(c1)CCCN2C(=O)CN1C(=O)[C@H]2CCCN2C(=O)[C@@H]1C. The molecule has 3 aliphatic rings. The Hall–Kier alpha value is -2.37. The van der Waals surface area contributed by atoms with E-state index in [1.54, 1.807) is 16.7 Å². The maximum atomic E-state index is 13.0. The Bertz CT molecular complexity index is 776. The summed E-state index contributed by atoms with van der Waals surface area (Å²) >= 11 is 0. The number of anilines is 1. The molecule has 3 amide bonds. The molecule has 0 aliphatic carbocycles. The molecule has 4 rings (SSSR count). The van der Waals surface area contributed by atoms with Crippen LogP contribution in [-0.2, 0) is 20.8 Å². The van der Waals surface area contributed by atoms with Gasteiger partial charge in [-0.1, -0.05) is 17.7 Å². The summed E-state index contributed by atoms with van der Waals surface area (Å²) in [6.45, 7) is 5.07. The number of aryl methyl sites for hydroxylation is 2. The highest BCUT2D eigenvalue weighted by atomic mass is 16.2. The molecule has 0 aromatic heterocycles. The lowest BCUT2D eigenvalue weighted by Gasteiger charge is -2.41. The maximum Gasteiger partial charge on any atom is 0.246 e. The van der Waals surface area contributed by atoms with Crippen LogP contribution < -0.4 is 4.90 Å². The fraction of sp³-hybridized carbons (Fsp3) is 0.550. The molecule has 3 aliphatic heterocycles. The number of carbonyl (C=O) groups excluding carboxylic acids is 3. The molecule has 0 saturated carbocycles. The Kier molecular flexibility index (Phi) is 4.21. The van der Waals surface area contributed by atoms with Crippen molar-refractivity contribution >= 4 is 23.4 Å². The van der Waals surface area contributed by atoms with E-state index in [-0.39, 0.29) is 30.3 Å². The predicted octanol–water partition coefficient (Wildman–Crippen LogP) is 1.50. The average molecular weight is 355 g/mol. The van der Waals surface area contributed by atoms with Gasteiger partial charge in [0, 0.05) is 18.8 Å².